The van der Waals surface area contributed by atoms with Gasteiger partial charge in [-0.1, -0.05) is 18.2 Å². The van der Waals surface area contributed by atoms with Gasteiger partial charge in [0.1, 0.15) is 5.75 Å². The number of nitrogens with one attached hydrogen (secondary N) is 2. The summed E-state index contributed by atoms with van der Waals surface area (Å²) in [7, 11) is 1.59. The Morgan fingerprint density at radius 2 is 1.94 bits per heavy atom. The number of benzene rings is 2. The third kappa shape index (κ3) is 6.12. The van der Waals surface area contributed by atoms with E-state index in [-0.39, 0.29) is 18.1 Å². The van der Waals surface area contributed by atoms with Crippen LogP contribution in [0.4, 0.5) is 10.5 Å². The van der Waals surface area contributed by atoms with Crippen molar-refractivity contribution in [1.82, 2.24) is 14.8 Å². The first-order valence-corrected chi connectivity index (χ1v) is 11.2. The van der Waals surface area contributed by atoms with E-state index in [0.29, 0.717) is 23.4 Å². The molecule has 2 N–H and O–H groups in total. The van der Waals surface area contributed by atoms with E-state index in [0.717, 1.165) is 50.3 Å². The van der Waals surface area contributed by atoms with Gasteiger partial charge in [0, 0.05) is 43.5 Å². The number of urea groups is 1. The van der Waals surface area contributed by atoms with E-state index in [2.05, 4.69) is 15.2 Å². The number of aromatic nitrogens is 1. The Labute approximate surface area is 193 Å². The number of H-pyrrole nitrogens is 1. The Hall–Kier alpha value is -3.36. The molecule has 1 saturated heterocycles. The first kappa shape index (κ1) is 22.8. The van der Waals surface area contributed by atoms with E-state index < -0.39 is 0 Å². The molecule has 4 rings (SSSR count). The van der Waals surface area contributed by atoms with Gasteiger partial charge in [-0.05, 0) is 42.1 Å². The smallest absolute Gasteiger partial charge is 0.322 e. The quantitative estimate of drug-likeness (QED) is 0.550. The Balaban J connectivity index is 1.50. The average molecular weight is 451 g/mol. The summed E-state index contributed by atoms with van der Waals surface area (Å²) in [5.74, 6) is 0.679. The van der Waals surface area contributed by atoms with Crippen LogP contribution in [0.2, 0.25) is 0 Å². The van der Waals surface area contributed by atoms with Gasteiger partial charge < -0.3 is 24.7 Å². The minimum atomic E-state index is -0.225. The lowest BCUT2D eigenvalue weighted by Crippen LogP contribution is -2.40. The Bertz CT molecular complexity index is 1130. The summed E-state index contributed by atoms with van der Waals surface area (Å²) in [6.07, 6.45) is 0.810. The predicted molar refractivity (Wildman–Crippen MR) is 129 cm³/mol. The minimum absolute atomic E-state index is 0.207. The molecule has 2 aromatic carbocycles. The minimum Gasteiger partial charge on any atom is -0.497 e. The van der Waals surface area contributed by atoms with Crippen molar-refractivity contribution in [3.63, 3.8) is 0 Å². The molecule has 8 nitrogen and oxygen atoms in total. The number of ether oxygens (including phenoxy) is 2. The van der Waals surface area contributed by atoms with Crippen LogP contribution in [0.1, 0.15) is 12.0 Å². The second-order valence-corrected chi connectivity index (χ2v) is 8.10. The van der Waals surface area contributed by atoms with Crippen LogP contribution in [0.3, 0.4) is 0 Å². The molecule has 1 aliphatic rings. The number of hydrogen-bond donors (Lipinski definition) is 2. The van der Waals surface area contributed by atoms with E-state index >= 15 is 0 Å². The molecular weight excluding hydrogens is 420 g/mol. The number of carbonyl (C=O) groups is 1. The number of hydrogen-bond acceptors (Lipinski definition) is 5. The van der Waals surface area contributed by atoms with Gasteiger partial charge in [-0.3, -0.25) is 9.69 Å². The number of rotatable bonds is 8. The largest absolute Gasteiger partial charge is 0.497 e. The third-order valence-corrected chi connectivity index (χ3v) is 5.81. The molecule has 3 aromatic rings. The van der Waals surface area contributed by atoms with Gasteiger partial charge in [0.15, 0.2) is 0 Å². The second kappa shape index (κ2) is 11.0. The monoisotopic (exact) mass is 450 g/mol. The van der Waals surface area contributed by atoms with Crippen LogP contribution in [0.5, 0.6) is 5.75 Å². The lowest BCUT2D eigenvalue weighted by Gasteiger charge is -2.28. The van der Waals surface area contributed by atoms with Crippen LogP contribution in [-0.4, -0.2) is 67.3 Å². The van der Waals surface area contributed by atoms with Crippen molar-refractivity contribution in [3.8, 4) is 5.75 Å². The predicted octanol–water partition coefficient (Wildman–Crippen LogP) is 3.29. The van der Waals surface area contributed by atoms with Crippen molar-refractivity contribution in [1.29, 1.82) is 0 Å². The van der Waals surface area contributed by atoms with Gasteiger partial charge >= 0.3 is 6.03 Å². The Morgan fingerprint density at radius 3 is 2.70 bits per heavy atom. The van der Waals surface area contributed by atoms with Gasteiger partial charge in [-0.15, -0.1) is 0 Å². The zero-order valence-corrected chi connectivity index (χ0v) is 18.9. The van der Waals surface area contributed by atoms with Crippen molar-refractivity contribution in [2.45, 2.75) is 13.0 Å². The fourth-order valence-corrected chi connectivity index (χ4v) is 3.96. The topological polar surface area (TPSA) is 86.9 Å². The van der Waals surface area contributed by atoms with E-state index in [4.69, 9.17) is 9.47 Å². The highest BCUT2D eigenvalue weighted by Gasteiger charge is 2.18. The molecule has 0 bridgehead atoms. The van der Waals surface area contributed by atoms with Gasteiger partial charge in [0.05, 0.1) is 32.4 Å². The highest BCUT2D eigenvalue weighted by Crippen LogP contribution is 2.19. The fourth-order valence-electron chi connectivity index (χ4n) is 3.96. The molecule has 2 amide bonds. The first-order valence-electron chi connectivity index (χ1n) is 11.2. The highest BCUT2D eigenvalue weighted by molar-refractivity contribution is 5.89. The van der Waals surface area contributed by atoms with Crippen molar-refractivity contribution in [2.24, 2.45) is 0 Å². The van der Waals surface area contributed by atoms with Crippen molar-refractivity contribution in [2.75, 3.05) is 51.8 Å². The number of carbonyl (C=O) groups excluding carboxylic acids is 1. The van der Waals surface area contributed by atoms with Crippen LogP contribution in [0.15, 0.2) is 59.4 Å². The molecule has 0 saturated carbocycles. The third-order valence-electron chi connectivity index (χ3n) is 5.81. The number of nitrogens with zero attached hydrogens (tertiary/aromatic N) is 2. The fraction of sp³-hybridized carbons (Fsp3) is 0.360. The highest BCUT2D eigenvalue weighted by atomic mass is 16.5. The van der Waals surface area contributed by atoms with E-state index in [1.165, 1.54) is 0 Å². The molecule has 174 valence electrons. The van der Waals surface area contributed by atoms with Crippen molar-refractivity contribution >= 4 is 22.6 Å². The molecule has 2 heterocycles. The van der Waals surface area contributed by atoms with E-state index in [1.54, 1.807) is 18.1 Å². The summed E-state index contributed by atoms with van der Waals surface area (Å²) in [5.41, 5.74) is 1.76. The molecule has 8 heteroatoms. The lowest BCUT2D eigenvalue weighted by molar-refractivity contribution is 0.0365. The van der Waals surface area contributed by atoms with Crippen LogP contribution < -0.4 is 15.6 Å². The van der Waals surface area contributed by atoms with Gasteiger partial charge in [-0.25, -0.2) is 4.79 Å². The maximum Gasteiger partial charge on any atom is 0.322 e. The van der Waals surface area contributed by atoms with Crippen molar-refractivity contribution < 1.29 is 14.3 Å². The molecular formula is C25H30N4O4. The maximum atomic E-state index is 13.1. The van der Waals surface area contributed by atoms with Crippen LogP contribution >= 0.6 is 0 Å². The number of aromatic amines is 1. The molecule has 0 unspecified atom stereocenters. The molecule has 0 radical (unpaired) electrons. The lowest BCUT2D eigenvalue weighted by atomic mass is 10.1. The first-order chi connectivity index (χ1) is 16.1. The maximum absolute atomic E-state index is 13.1. The van der Waals surface area contributed by atoms with Crippen molar-refractivity contribution in [3.05, 3.63) is 70.5 Å². The van der Waals surface area contributed by atoms with Gasteiger partial charge in [0.25, 0.3) is 5.56 Å². The standard InChI is InChI=1S/C25H30N4O4/c1-32-22-9-8-19-16-20(24(30)27-23(19)17-22)18-29(11-5-10-28-12-14-33-15-13-28)25(31)26-21-6-3-2-4-7-21/h2-4,6-9,16-17H,5,10-15,18H2,1H3,(H,26,31)(H,27,30). The van der Waals surface area contributed by atoms with Crippen LogP contribution in [0, 0.1) is 0 Å². The van der Waals surface area contributed by atoms with Gasteiger partial charge in [0.2, 0.25) is 0 Å². The summed E-state index contributed by atoms with van der Waals surface area (Å²) >= 11 is 0. The number of amides is 2. The van der Waals surface area contributed by atoms with Crippen LogP contribution in [-0.2, 0) is 11.3 Å². The molecule has 1 aliphatic heterocycles. The summed E-state index contributed by atoms with van der Waals surface area (Å²) in [5, 5.41) is 3.84. The summed E-state index contributed by atoms with van der Waals surface area (Å²) in [6.45, 7) is 4.94. The van der Waals surface area contributed by atoms with Gasteiger partial charge in [-0.2, -0.15) is 0 Å². The number of fused-ring (bicyclic) bond motifs is 1. The average Bonchev–Trinajstić information content (AvgIpc) is 2.84. The number of para-hydroxylation sites is 1. The second-order valence-electron chi connectivity index (χ2n) is 8.10. The zero-order chi connectivity index (χ0) is 23.0. The summed E-state index contributed by atoms with van der Waals surface area (Å²) in [4.78, 5) is 32.9. The summed E-state index contributed by atoms with van der Waals surface area (Å²) < 4.78 is 10.7. The summed E-state index contributed by atoms with van der Waals surface area (Å²) in [6, 6.07) is 16.5. The number of anilines is 1. The zero-order valence-electron chi connectivity index (χ0n) is 18.9. The SMILES string of the molecule is COc1ccc2cc(CN(CCCN3CCOCC3)C(=O)Nc3ccccc3)c(=O)[nH]c2c1. The van der Waals surface area contributed by atoms with E-state index in [1.807, 2.05) is 48.5 Å². The molecule has 33 heavy (non-hydrogen) atoms. The molecule has 0 spiro atoms. The van der Waals surface area contributed by atoms with Crippen LogP contribution in [0.25, 0.3) is 10.9 Å². The Kier molecular flexibility index (Phi) is 7.59. The van der Waals surface area contributed by atoms with E-state index in [9.17, 15) is 9.59 Å². The number of methoxy groups -OCH3 is 1. The molecule has 0 atom stereocenters. The number of morpholine rings is 1. The Morgan fingerprint density at radius 1 is 1.15 bits per heavy atom. The molecule has 0 aliphatic carbocycles. The molecule has 1 fully saturated rings. The number of pyridine rings is 1. The molecule has 1 aromatic heterocycles. The normalized spacial score (nSPS) is 14.2.